The fourth-order valence-corrected chi connectivity index (χ4v) is 6.27. The predicted octanol–water partition coefficient (Wildman–Crippen LogP) is 5.77. The maximum atomic E-state index is 13.5. The summed E-state index contributed by atoms with van der Waals surface area (Å²) in [5.41, 5.74) is 1.82. The van der Waals surface area contributed by atoms with Crippen molar-refractivity contribution in [1.82, 2.24) is 15.1 Å². The lowest BCUT2D eigenvalue weighted by molar-refractivity contribution is -0.130. The molecule has 0 aromatic heterocycles. The van der Waals surface area contributed by atoms with Gasteiger partial charge in [0.05, 0.1) is 19.8 Å². The fourth-order valence-electron chi connectivity index (χ4n) is 6.27. The topological polar surface area (TPSA) is 71.1 Å². The first-order valence-electron chi connectivity index (χ1n) is 15.8. The van der Waals surface area contributed by atoms with Crippen molar-refractivity contribution in [3.05, 3.63) is 95.8 Å². The second kappa shape index (κ2) is 15.9. The van der Waals surface area contributed by atoms with Crippen LogP contribution in [0, 0.1) is 5.82 Å². The number of likely N-dealkylation sites (tertiary alicyclic amines) is 2. The number of ether oxygens (including phenoxy) is 2. The summed E-state index contributed by atoms with van der Waals surface area (Å²) in [6, 6.07) is 23.1. The first kappa shape index (κ1) is 31.8. The predicted molar refractivity (Wildman–Crippen MR) is 169 cm³/mol. The van der Waals surface area contributed by atoms with Crippen molar-refractivity contribution in [2.45, 2.75) is 69.7 Å². The highest BCUT2D eigenvalue weighted by Crippen LogP contribution is 2.27. The maximum absolute atomic E-state index is 13.5. The summed E-state index contributed by atoms with van der Waals surface area (Å²) in [5.74, 6) is 0.541. The van der Waals surface area contributed by atoms with E-state index in [0.717, 1.165) is 43.5 Å². The summed E-state index contributed by atoms with van der Waals surface area (Å²) in [4.78, 5) is 31.7. The molecular weight excluding hydrogens is 557 g/mol. The highest BCUT2D eigenvalue weighted by molar-refractivity contribution is 5.91. The summed E-state index contributed by atoms with van der Waals surface area (Å²) in [6.45, 7) is 2.80. The molecule has 44 heavy (non-hydrogen) atoms. The van der Waals surface area contributed by atoms with Crippen LogP contribution in [-0.4, -0.2) is 72.9 Å². The van der Waals surface area contributed by atoms with Gasteiger partial charge >= 0.3 is 0 Å². The highest BCUT2D eigenvalue weighted by Gasteiger charge is 2.31. The number of rotatable bonds is 14. The smallest absolute Gasteiger partial charge is 0.234 e. The molecule has 8 heteroatoms. The number of piperidine rings is 1. The molecule has 5 rings (SSSR count). The third-order valence-corrected chi connectivity index (χ3v) is 8.78. The standard InChI is InChI=1S/C36H44FN3O4/c1-39-20-7-11-30(39)23-31-10-5-6-21-40(31)24-36(42)38-34(26-43-25-28-8-3-2-4-9-28)35(41)22-27-12-16-32(17-13-27)44-33-18-14-29(37)15-19-33/h2-4,8-9,12-19,30-31,34H,5-7,10-11,20-26H2,1H3,(H,38,42)/t30-,31?,34+/m1/s1. The molecule has 2 saturated heterocycles. The number of hydrogen-bond acceptors (Lipinski definition) is 6. The van der Waals surface area contributed by atoms with Gasteiger partial charge in [-0.1, -0.05) is 48.9 Å². The minimum absolute atomic E-state index is 0.0987. The van der Waals surface area contributed by atoms with Gasteiger partial charge < -0.3 is 19.7 Å². The molecule has 2 aliphatic heterocycles. The lowest BCUT2D eigenvalue weighted by Gasteiger charge is -2.38. The van der Waals surface area contributed by atoms with Crippen LogP contribution in [0.3, 0.4) is 0 Å². The number of hydrogen-bond donors (Lipinski definition) is 1. The highest BCUT2D eigenvalue weighted by atomic mass is 19.1. The number of carbonyl (C=O) groups is 2. The molecule has 2 aliphatic rings. The molecule has 0 bridgehead atoms. The average molecular weight is 602 g/mol. The normalized spacial score (nSPS) is 19.9. The molecule has 0 aliphatic carbocycles. The zero-order valence-electron chi connectivity index (χ0n) is 25.6. The van der Waals surface area contributed by atoms with Gasteiger partial charge in [0, 0.05) is 18.5 Å². The van der Waals surface area contributed by atoms with Crippen molar-refractivity contribution >= 4 is 11.7 Å². The first-order valence-corrected chi connectivity index (χ1v) is 15.8. The van der Waals surface area contributed by atoms with Crippen LogP contribution in [0.25, 0.3) is 0 Å². The van der Waals surface area contributed by atoms with Gasteiger partial charge in [0.2, 0.25) is 5.91 Å². The van der Waals surface area contributed by atoms with Crippen molar-refractivity contribution in [1.29, 1.82) is 0 Å². The van der Waals surface area contributed by atoms with E-state index < -0.39 is 6.04 Å². The number of nitrogens with zero attached hydrogens (tertiary/aromatic N) is 2. The van der Waals surface area contributed by atoms with Crippen LogP contribution in [0.5, 0.6) is 11.5 Å². The van der Waals surface area contributed by atoms with Gasteiger partial charge in [-0.3, -0.25) is 14.5 Å². The largest absolute Gasteiger partial charge is 0.457 e. The zero-order chi connectivity index (χ0) is 30.7. The lowest BCUT2D eigenvalue weighted by atomic mass is 9.95. The van der Waals surface area contributed by atoms with Crippen LogP contribution in [0.15, 0.2) is 78.9 Å². The summed E-state index contributed by atoms with van der Waals surface area (Å²) in [5, 5.41) is 3.02. The van der Waals surface area contributed by atoms with Crippen molar-refractivity contribution < 1.29 is 23.5 Å². The van der Waals surface area contributed by atoms with Crippen LogP contribution < -0.4 is 10.1 Å². The molecule has 0 radical (unpaired) electrons. The molecule has 2 heterocycles. The van der Waals surface area contributed by atoms with Gasteiger partial charge in [0.1, 0.15) is 23.4 Å². The van der Waals surface area contributed by atoms with Crippen molar-refractivity contribution in [3.8, 4) is 11.5 Å². The maximum Gasteiger partial charge on any atom is 0.234 e. The molecule has 3 aromatic carbocycles. The number of Topliss-reactive ketones (excluding diaryl/α,β-unsaturated/α-hetero) is 1. The van der Waals surface area contributed by atoms with E-state index >= 15 is 0 Å². The average Bonchev–Trinajstić information content (AvgIpc) is 3.44. The SMILES string of the molecule is CN1CCC[C@@H]1CC1CCCCN1CC(=O)N[C@@H](COCc1ccccc1)C(=O)Cc1ccc(Oc2ccc(F)cc2)cc1. The number of nitrogens with one attached hydrogen (secondary N) is 1. The zero-order valence-corrected chi connectivity index (χ0v) is 25.6. The second-order valence-corrected chi connectivity index (χ2v) is 12.1. The number of benzene rings is 3. The van der Waals surface area contributed by atoms with E-state index in [1.54, 1.807) is 24.3 Å². The third-order valence-electron chi connectivity index (χ3n) is 8.78. The molecule has 1 amide bonds. The van der Waals surface area contributed by atoms with Crippen molar-refractivity contribution in [2.24, 2.45) is 0 Å². The Labute approximate surface area is 260 Å². The fraction of sp³-hybridized carbons (Fsp3) is 0.444. The van der Waals surface area contributed by atoms with E-state index in [2.05, 4.69) is 22.2 Å². The summed E-state index contributed by atoms with van der Waals surface area (Å²) in [6.07, 6.45) is 7.10. The molecule has 234 valence electrons. The Bertz CT molecular complexity index is 1340. The Morgan fingerprint density at radius 2 is 1.57 bits per heavy atom. The minimum atomic E-state index is -0.759. The molecule has 0 spiro atoms. The molecule has 2 fully saturated rings. The molecular formula is C36H44FN3O4. The lowest BCUT2D eigenvalue weighted by Crippen LogP contribution is -2.51. The summed E-state index contributed by atoms with van der Waals surface area (Å²) >= 11 is 0. The van der Waals surface area contributed by atoms with E-state index in [4.69, 9.17) is 9.47 Å². The first-order chi connectivity index (χ1) is 21.4. The van der Waals surface area contributed by atoms with E-state index in [9.17, 15) is 14.0 Å². The van der Waals surface area contributed by atoms with Gasteiger partial charge in [0.15, 0.2) is 5.78 Å². The Hall–Kier alpha value is -3.59. The third kappa shape index (κ3) is 9.45. The Balaban J connectivity index is 1.19. The molecule has 1 unspecified atom stereocenters. The van der Waals surface area contributed by atoms with E-state index in [1.165, 1.54) is 31.4 Å². The van der Waals surface area contributed by atoms with Gasteiger partial charge in [-0.25, -0.2) is 4.39 Å². The van der Waals surface area contributed by atoms with Gasteiger partial charge in [0.25, 0.3) is 0 Å². The number of halogens is 1. The van der Waals surface area contributed by atoms with Crippen molar-refractivity contribution in [2.75, 3.05) is 33.3 Å². The minimum Gasteiger partial charge on any atom is -0.457 e. The Morgan fingerprint density at radius 1 is 0.864 bits per heavy atom. The number of carbonyl (C=O) groups excluding carboxylic acids is 2. The number of amides is 1. The Kier molecular flexibility index (Phi) is 11.5. The van der Waals surface area contributed by atoms with Crippen LogP contribution in [0.2, 0.25) is 0 Å². The van der Waals surface area contributed by atoms with Gasteiger partial charge in [-0.15, -0.1) is 0 Å². The quantitative estimate of drug-likeness (QED) is 0.253. The molecule has 1 N–H and O–H groups in total. The van der Waals surface area contributed by atoms with Crippen LogP contribution in [-0.2, 0) is 27.4 Å². The monoisotopic (exact) mass is 601 g/mol. The van der Waals surface area contributed by atoms with E-state index in [0.29, 0.717) is 36.7 Å². The summed E-state index contributed by atoms with van der Waals surface area (Å²) < 4.78 is 24.9. The molecule has 7 nitrogen and oxygen atoms in total. The van der Waals surface area contributed by atoms with E-state index in [-0.39, 0.29) is 30.5 Å². The van der Waals surface area contributed by atoms with Crippen LogP contribution in [0.4, 0.5) is 4.39 Å². The van der Waals surface area contributed by atoms with E-state index in [1.807, 2.05) is 42.5 Å². The summed E-state index contributed by atoms with van der Waals surface area (Å²) in [7, 11) is 2.20. The molecule has 3 aromatic rings. The molecule has 3 atom stereocenters. The Morgan fingerprint density at radius 3 is 2.27 bits per heavy atom. The second-order valence-electron chi connectivity index (χ2n) is 12.1. The van der Waals surface area contributed by atoms with Gasteiger partial charge in [-0.2, -0.15) is 0 Å². The van der Waals surface area contributed by atoms with Crippen LogP contribution in [0.1, 0.15) is 49.7 Å². The van der Waals surface area contributed by atoms with Gasteiger partial charge in [-0.05, 0) is 99.8 Å². The van der Waals surface area contributed by atoms with Crippen LogP contribution >= 0.6 is 0 Å². The number of ketones is 1. The van der Waals surface area contributed by atoms with Crippen molar-refractivity contribution in [3.63, 3.8) is 0 Å². The molecule has 0 saturated carbocycles.